The molecule has 1 atom stereocenters. The molecule has 5 heteroatoms. The van der Waals surface area contributed by atoms with Crippen molar-refractivity contribution < 1.29 is 4.42 Å². The number of rotatable bonds is 6. The maximum Gasteiger partial charge on any atom is 0.138 e. The van der Waals surface area contributed by atoms with E-state index in [4.69, 9.17) is 4.42 Å². The van der Waals surface area contributed by atoms with E-state index < -0.39 is 0 Å². The fraction of sp³-hybridized carbons (Fsp3) is 0.250. The third-order valence-electron chi connectivity index (χ3n) is 3.37. The average molecular weight is 282 g/mol. The molecule has 0 amide bonds. The van der Waals surface area contributed by atoms with Gasteiger partial charge in [-0.1, -0.05) is 0 Å². The molecule has 0 saturated heterocycles. The summed E-state index contributed by atoms with van der Waals surface area (Å²) in [7, 11) is 0. The maximum atomic E-state index is 5.35. The molecule has 21 heavy (non-hydrogen) atoms. The Kier molecular flexibility index (Phi) is 4.00. The monoisotopic (exact) mass is 282 g/mol. The predicted molar refractivity (Wildman–Crippen MR) is 81.5 cm³/mol. The summed E-state index contributed by atoms with van der Waals surface area (Å²) < 4.78 is 7.09. The molecule has 0 fully saturated rings. The first-order chi connectivity index (χ1) is 10.3. The number of nitrogens with one attached hydrogen (secondary N) is 1. The fourth-order valence-corrected chi connectivity index (χ4v) is 2.22. The van der Waals surface area contributed by atoms with E-state index >= 15 is 0 Å². The van der Waals surface area contributed by atoms with Crippen LogP contribution in [0, 0.1) is 0 Å². The van der Waals surface area contributed by atoms with E-state index in [9.17, 15) is 0 Å². The molecule has 0 aliphatic rings. The van der Waals surface area contributed by atoms with Crippen molar-refractivity contribution in [3.8, 4) is 5.69 Å². The van der Waals surface area contributed by atoms with Crippen molar-refractivity contribution in [3.63, 3.8) is 0 Å². The predicted octanol–water partition coefficient (Wildman–Crippen LogP) is 3.29. The molecule has 0 saturated carbocycles. The Morgan fingerprint density at radius 2 is 2.10 bits per heavy atom. The highest BCUT2D eigenvalue weighted by atomic mass is 16.3. The van der Waals surface area contributed by atoms with Crippen molar-refractivity contribution in [1.29, 1.82) is 0 Å². The van der Waals surface area contributed by atoms with Crippen LogP contribution in [0.4, 0.5) is 5.69 Å². The zero-order valence-corrected chi connectivity index (χ0v) is 11.9. The number of anilines is 1. The molecule has 1 aromatic carbocycles. The SMILES string of the molecule is CC(CCc1ccco1)Nc1ccc(-n2cncn2)cc1. The van der Waals surface area contributed by atoms with Crippen LogP contribution >= 0.6 is 0 Å². The summed E-state index contributed by atoms with van der Waals surface area (Å²) in [5.41, 5.74) is 2.10. The molecule has 2 heterocycles. The molecule has 5 nitrogen and oxygen atoms in total. The number of aryl methyl sites for hydroxylation is 1. The van der Waals surface area contributed by atoms with E-state index in [1.807, 2.05) is 24.3 Å². The first kappa shape index (κ1) is 13.4. The normalized spacial score (nSPS) is 12.2. The molecular weight excluding hydrogens is 264 g/mol. The summed E-state index contributed by atoms with van der Waals surface area (Å²) in [5.74, 6) is 1.03. The topological polar surface area (TPSA) is 55.9 Å². The minimum absolute atomic E-state index is 0.382. The third-order valence-corrected chi connectivity index (χ3v) is 3.37. The summed E-state index contributed by atoms with van der Waals surface area (Å²) in [6, 6.07) is 12.5. The van der Waals surface area contributed by atoms with Gasteiger partial charge in [-0.15, -0.1) is 0 Å². The van der Waals surface area contributed by atoms with Gasteiger partial charge in [0.05, 0.1) is 12.0 Å². The number of benzene rings is 1. The Balaban J connectivity index is 1.55. The van der Waals surface area contributed by atoms with Crippen molar-refractivity contribution >= 4 is 5.69 Å². The van der Waals surface area contributed by atoms with Crippen molar-refractivity contribution in [2.24, 2.45) is 0 Å². The van der Waals surface area contributed by atoms with E-state index in [2.05, 4.69) is 34.5 Å². The summed E-state index contributed by atoms with van der Waals surface area (Å²) in [6.45, 7) is 2.17. The van der Waals surface area contributed by atoms with Crippen LogP contribution in [0.25, 0.3) is 5.69 Å². The van der Waals surface area contributed by atoms with Gasteiger partial charge in [-0.3, -0.25) is 0 Å². The first-order valence-electron chi connectivity index (χ1n) is 7.05. The second-order valence-corrected chi connectivity index (χ2v) is 5.05. The van der Waals surface area contributed by atoms with Gasteiger partial charge in [0.15, 0.2) is 0 Å². The Bertz CT molecular complexity index is 644. The molecule has 0 aliphatic heterocycles. The fourth-order valence-electron chi connectivity index (χ4n) is 2.22. The Labute approximate surface area is 123 Å². The highest BCUT2D eigenvalue weighted by Crippen LogP contribution is 2.15. The van der Waals surface area contributed by atoms with Gasteiger partial charge in [-0.2, -0.15) is 5.10 Å². The molecule has 3 aromatic rings. The number of nitrogens with zero attached hydrogens (tertiary/aromatic N) is 3. The van der Waals surface area contributed by atoms with Crippen molar-refractivity contribution in [2.75, 3.05) is 5.32 Å². The van der Waals surface area contributed by atoms with Crippen LogP contribution in [0.15, 0.2) is 59.7 Å². The van der Waals surface area contributed by atoms with Crippen LogP contribution in [0.1, 0.15) is 19.1 Å². The van der Waals surface area contributed by atoms with Crippen molar-refractivity contribution in [1.82, 2.24) is 14.8 Å². The highest BCUT2D eigenvalue weighted by Gasteiger charge is 2.05. The van der Waals surface area contributed by atoms with Crippen molar-refractivity contribution in [3.05, 3.63) is 61.1 Å². The van der Waals surface area contributed by atoms with Gasteiger partial charge in [0.25, 0.3) is 0 Å². The van der Waals surface area contributed by atoms with Gasteiger partial charge in [-0.25, -0.2) is 9.67 Å². The smallest absolute Gasteiger partial charge is 0.138 e. The van der Waals surface area contributed by atoms with E-state index in [0.29, 0.717) is 6.04 Å². The quantitative estimate of drug-likeness (QED) is 0.753. The third kappa shape index (κ3) is 3.51. The molecule has 1 unspecified atom stereocenters. The second kappa shape index (κ2) is 6.26. The molecular formula is C16H18N4O. The molecule has 0 spiro atoms. The van der Waals surface area contributed by atoms with E-state index in [1.165, 1.54) is 6.33 Å². The Morgan fingerprint density at radius 3 is 2.76 bits per heavy atom. The van der Waals surface area contributed by atoms with Gasteiger partial charge < -0.3 is 9.73 Å². The van der Waals surface area contributed by atoms with Crippen LogP contribution in [-0.2, 0) is 6.42 Å². The van der Waals surface area contributed by atoms with Gasteiger partial charge in [0.1, 0.15) is 18.4 Å². The molecule has 1 N–H and O–H groups in total. The summed E-state index contributed by atoms with van der Waals surface area (Å²) in [4.78, 5) is 3.95. The Hall–Kier alpha value is -2.56. The van der Waals surface area contributed by atoms with Crippen LogP contribution in [0.2, 0.25) is 0 Å². The lowest BCUT2D eigenvalue weighted by Crippen LogP contribution is -2.15. The van der Waals surface area contributed by atoms with Crippen LogP contribution < -0.4 is 5.32 Å². The molecule has 2 aromatic heterocycles. The largest absolute Gasteiger partial charge is 0.469 e. The van der Waals surface area contributed by atoms with Gasteiger partial charge in [0.2, 0.25) is 0 Å². The number of aromatic nitrogens is 3. The highest BCUT2D eigenvalue weighted by molar-refractivity contribution is 5.48. The number of furan rings is 1. The number of hydrogen-bond donors (Lipinski definition) is 1. The molecule has 0 radical (unpaired) electrons. The molecule has 0 bridgehead atoms. The maximum absolute atomic E-state index is 5.35. The molecule has 3 rings (SSSR count). The minimum Gasteiger partial charge on any atom is -0.469 e. The minimum atomic E-state index is 0.382. The average Bonchev–Trinajstić information content (AvgIpc) is 3.19. The van der Waals surface area contributed by atoms with E-state index in [1.54, 1.807) is 17.3 Å². The molecule has 108 valence electrons. The zero-order chi connectivity index (χ0) is 14.5. The van der Waals surface area contributed by atoms with Crippen LogP contribution in [0.3, 0.4) is 0 Å². The van der Waals surface area contributed by atoms with E-state index in [0.717, 1.165) is 30.0 Å². The van der Waals surface area contributed by atoms with Gasteiger partial charge >= 0.3 is 0 Å². The lowest BCUT2D eigenvalue weighted by atomic mass is 10.1. The van der Waals surface area contributed by atoms with Gasteiger partial charge in [-0.05, 0) is 49.7 Å². The lowest BCUT2D eigenvalue weighted by Gasteiger charge is -2.15. The van der Waals surface area contributed by atoms with E-state index in [-0.39, 0.29) is 0 Å². The second-order valence-electron chi connectivity index (χ2n) is 5.05. The van der Waals surface area contributed by atoms with Gasteiger partial charge in [0, 0.05) is 18.2 Å². The standard InChI is InChI=1S/C16H18N4O/c1-13(4-9-16-3-2-10-21-16)19-14-5-7-15(8-6-14)20-12-17-11-18-20/h2-3,5-8,10-13,19H,4,9H2,1H3. The van der Waals surface area contributed by atoms with Crippen LogP contribution in [0.5, 0.6) is 0 Å². The summed E-state index contributed by atoms with van der Waals surface area (Å²) in [6.07, 6.45) is 6.91. The zero-order valence-electron chi connectivity index (χ0n) is 11.9. The summed E-state index contributed by atoms with van der Waals surface area (Å²) >= 11 is 0. The number of hydrogen-bond acceptors (Lipinski definition) is 4. The van der Waals surface area contributed by atoms with Crippen LogP contribution in [-0.4, -0.2) is 20.8 Å². The first-order valence-corrected chi connectivity index (χ1v) is 7.05. The lowest BCUT2D eigenvalue weighted by molar-refractivity contribution is 0.495. The summed E-state index contributed by atoms with van der Waals surface area (Å²) in [5, 5.41) is 7.60. The Morgan fingerprint density at radius 1 is 1.24 bits per heavy atom. The van der Waals surface area contributed by atoms with Crippen molar-refractivity contribution in [2.45, 2.75) is 25.8 Å². The molecule has 0 aliphatic carbocycles.